The molecule has 1 aromatic carbocycles. The maximum atomic E-state index is 13.5. The number of likely N-dealkylation sites (tertiary alicyclic amines) is 1. The molecule has 4 aromatic rings. The van der Waals surface area contributed by atoms with Crippen molar-refractivity contribution in [3.63, 3.8) is 0 Å². The molecule has 10 heteroatoms. The maximum absolute atomic E-state index is 13.5. The summed E-state index contributed by atoms with van der Waals surface area (Å²) in [5.41, 5.74) is 0.784. The zero-order valence-corrected chi connectivity index (χ0v) is 17.4. The number of benzene rings is 1. The predicted octanol–water partition coefficient (Wildman–Crippen LogP) is 2.61. The first-order valence-corrected chi connectivity index (χ1v) is 10.5. The molecule has 0 N–H and O–H groups in total. The Morgan fingerprint density at radius 2 is 2.03 bits per heavy atom. The van der Waals surface area contributed by atoms with Gasteiger partial charge in [-0.2, -0.15) is 4.98 Å². The highest BCUT2D eigenvalue weighted by molar-refractivity contribution is 5.76. The highest BCUT2D eigenvalue weighted by atomic mass is 19.1. The number of carbonyl (C=O) groups is 1. The van der Waals surface area contributed by atoms with Gasteiger partial charge in [-0.05, 0) is 43.0 Å². The topological polar surface area (TPSA) is 98.5 Å². The number of fused-ring (bicyclic) bond motifs is 1. The van der Waals surface area contributed by atoms with Crippen LogP contribution in [-0.2, 0) is 11.3 Å². The van der Waals surface area contributed by atoms with Gasteiger partial charge >= 0.3 is 5.69 Å². The van der Waals surface area contributed by atoms with Crippen molar-refractivity contribution in [3.05, 3.63) is 58.9 Å². The molecule has 3 aromatic heterocycles. The largest absolute Gasteiger partial charge is 0.350 e. The average molecular weight is 436 g/mol. The van der Waals surface area contributed by atoms with Crippen LogP contribution in [0.2, 0.25) is 0 Å². The molecule has 0 aliphatic carbocycles. The number of carbonyl (C=O) groups excluding carboxylic acids is 1. The summed E-state index contributed by atoms with van der Waals surface area (Å²) in [5, 5.41) is 8.29. The Morgan fingerprint density at radius 1 is 1.22 bits per heavy atom. The van der Waals surface area contributed by atoms with Crippen LogP contribution in [0.4, 0.5) is 4.39 Å². The zero-order chi connectivity index (χ0) is 22.2. The quantitative estimate of drug-likeness (QED) is 0.488. The summed E-state index contributed by atoms with van der Waals surface area (Å²) in [6, 6.07) is 9.23. The summed E-state index contributed by atoms with van der Waals surface area (Å²) in [4.78, 5) is 31.6. The number of pyridine rings is 1. The molecule has 32 heavy (non-hydrogen) atoms. The molecular weight excluding hydrogens is 415 g/mol. The summed E-state index contributed by atoms with van der Waals surface area (Å²) in [5.74, 6) is 0.427. The fourth-order valence-electron chi connectivity index (χ4n) is 3.87. The number of amides is 1. The maximum Gasteiger partial charge on any atom is 0.350 e. The second kappa shape index (κ2) is 8.03. The van der Waals surface area contributed by atoms with Gasteiger partial charge in [-0.25, -0.2) is 18.3 Å². The lowest BCUT2D eigenvalue weighted by molar-refractivity contribution is -0.133. The smallest absolute Gasteiger partial charge is 0.341 e. The van der Waals surface area contributed by atoms with Crippen LogP contribution < -0.4 is 5.69 Å². The van der Waals surface area contributed by atoms with Crippen LogP contribution in [0.5, 0.6) is 0 Å². The van der Waals surface area contributed by atoms with Crippen molar-refractivity contribution < 1.29 is 13.7 Å². The molecule has 0 saturated carbocycles. The average Bonchev–Trinajstić information content (AvgIpc) is 3.40. The van der Waals surface area contributed by atoms with Crippen molar-refractivity contribution in [2.45, 2.75) is 26.3 Å². The predicted molar refractivity (Wildman–Crippen MR) is 113 cm³/mol. The number of halogens is 1. The van der Waals surface area contributed by atoms with Crippen LogP contribution in [0.15, 0.2) is 51.9 Å². The third-order valence-corrected chi connectivity index (χ3v) is 5.77. The third-order valence-electron chi connectivity index (χ3n) is 5.77. The van der Waals surface area contributed by atoms with Crippen molar-refractivity contribution >= 4 is 11.6 Å². The molecular formula is C22H21FN6O3. The summed E-state index contributed by atoms with van der Waals surface area (Å²) < 4.78 is 21.4. The molecule has 0 radical (unpaired) electrons. The molecule has 0 atom stereocenters. The van der Waals surface area contributed by atoms with Crippen LogP contribution in [-0.4, -0.2) is 48.2 Å². The standard InChI is InChI=1S/C22H21FN6O3/c1-14-7-10-27(11-8-14)18(30)13-29-22(31)28-9-3-6-17(20(28)25-29)21-24-19(26-32-21)15-4-2-5-16(23)12-15/h2-6,9,12,14H,7-8,10-11,13H2,1H3. The Kier molecular flexibility index (Phi) is 5.04. The Morgan fingerprint density at radius 3 is 2.81 bits per heavy atom. The van der Waals surface area contributed by atoms with Gasteiger partial charge in [0.1, 0.15) is 12.4 Å². The molecule has 0 spiro atoms. The van der Waals surface area contributed by atoms with E-state index in [1.54, 1.807) is 35.4 Å². The van der Waals surface area contributed by atoms with Crippen LogP contribution >= 0.6 is 0 Å². The lowest BCUT2D eigenvalue weighted by Crippen LogP contribution is -2.41. The number of piperidine rings is 1. The molecule has 1 saturated heterocycles. The Hall–Kier alpha value is -3.82. The van der Waals surface area contributed by atoms with Gasteiger partial charge in [-0.15, -0.1) is 5.10 Å². The highest BCUT2D eigenvalue weighted by Crippen LogP contribution is 2.25. The Bertz CT molecular complexity index is 1350. The van der Waals surface area contributed by atoms with Crippen LogP contribution in [0, 0.1) is 11.7 Å². The second-order valence-corrected chi connectivity index (χ2v) is 8.05. The summed E-state index contributed by atoms with van der Waals surface area (Å²) in [6.07, 6.45) is 3.49. The number of hydrogen-bond acceptors (Lipinski definition) is 6. The number of rotatable bonds is 4. The number of nitrogens with zero attached hydrogens (tertiary/aromatic N) is 6. The Balaban J connectivity index is 1.46. The van der Waals surface area contributed by atoms with Crippen LogP contribution in [0.3, 0.4) is 0 Å². The van der Waals surface area contributed by atoms with Crippen molar-refractivity contribution in [1.82, 2.24) is 29.2 Å². The number of aromatic nitrogens is 5. The van der Waals surface area contributed by atoms with E-state index < -0.39 is 11.5 Å². The van der Waals surface area contributed by atoms with Gasteiger partial charge in [0, 0.05) is 24.8 Å². The molecule has 1 aliphatic rings. The van der Waals surface area contributed by atoms with Gasteiger partial charge in [0.2, 0.25) is 11.7 Å². The van der Waals surface area contributed by atoms with E-state index in [9.17, 15) is 14.0 Å². The highest BCUT2D eigenvalue weighted by Gasteiger charge is 2.23. The minimum atomic E-state index is -0.426. The van der Waals surface area contributed by atoms with E-state index in [1.807, 2.05) is 0 Å². The van der Waals surface area contributed by atoms with Crippen molar-refractivity contribution in [3.8, 4) is 22.8 Å². The first kappa shape index (κ1) is 20.1. The molecule has 164 valence electrons. The van der Waals surface area contributed by atoms with Crippen LogP contribution in [0.1, 0.15) is 19.8 Å². The van der Waals surface area contributed by atoms with E-state index >= 15 is 0 Å². The summed E-state index contributed by atoms with van der Waals surface area (Å²) in [6.45, 7) is 3.43. The molecule has 0 bridgehead atoms. The third kappa shape index (κ3) is 3.68. The van der Waals surface area contributed by atoms with Crippen LogP contribution in [0.25, 0.3) is 28.5 Å². The summed E-state index contributed by atoms with van der Waals surface area (Å²) in [7, 11) is 0. The lowest BCUT2D eigenvalue weighted by atomic mass is 9.99. The lowest BCUT2D eigenvalue weighted by Gasteiger charge is -2.30. The van der Waals surface area contributed by atoms with Crippen molar-refractivity contribution in [2.24, 2.45) is 5.92 Å². The minimum absolute atomic E-state index is 0.130. The molecule has 4 heterocycles. The van der Waals surface area contributed by atoms with E-state index in [4.69, 9.17) is 4.52 Å². The normalized spacial score (nSPS) is 14.9. The first-order valence-electron chi connectivity index (χ1n) is 10.5. The fraction of sp³-hybridized carbons (Fsp3) is 0.318. The Labute approximate surface area is 182 Å². The van der Waals surface area contributed by atoms with Gasteiger partial charge in [-0.3, -0.25) is 4.79 Å². The zero-order valence-electron chi connectivity index (χ0n) is 17.4. The van der Waals surface area contributed by atoms with E-state index in [0.29, 0.717) is 35.8 Å². The fourth-order valence-corrected chi connectivity index (χ4v) is 3.87. The van der Waals surface area contributed by atoms with Gasteiger partial charge in [0.15, 0.2) is 5.65 Å². The van der Waals surface area contributed by atoms with Crippen molar-refractivity contribution in [2.75, 3.05) is 13.1 Å². The summed E-state index contributed by atoms with van der Waals surface area (Å²) >= 11 is 0. The van der Waals surface area contributed by atoms with E-state index in [0.717, 1.165) is 17.5 Å². The molecule has 5 rings (SSSR count). The van der Waals surface area contributed by atoms with Gasteiger partial charge < -0.3 is 9.42 Å². The minimum Gasteiger partial charge on any atom is -0.341 e. The molecule has 0 unspecified atom stereocenters. The van der Waals surface area contributed by atoms with Gasteiger partial charge in [-0.1, -0.05) is 24.2 Å². The van der Waals surface area contributed by atoms with E-state index in [2.05, 4.69) is 22.2 Å². The van der Waals surface area contributed by atoms with Gasteiger partial charge in [0.05, 0.1) is 5.56 Å². The van der Waals surface area contributed by atoms with E-state index in [1.165, 1.54) is 16.5 Å². The SMILES string of the molecule is CC1CCN(C(=O)Cn2nc3c(-c4nc(-c5cccc(F)c5)no4)cccn3c2=O)CC1. The number of hydrogen-bond donors (Lipinski definition) is 0. The first-order chi connectivity index (χ1) is 15.5. The molecule has 1 fully saturated rings. The van der Waals surface area contributed by atoms with Gasteiger partial charge in [0.25, 0.3) is 5.89 Å². The molecule has 1 aliphatic heterocycles. The molecule has 1 amide bonds. The van der Waals surface area contributed by atoms with Crippen molar-refractivity contribution in [1.29, 1.82) is 0 Å². The van der Waals surface area contributed by atoms with E-state index in [-0.39, 0.29) is 24.2 Å². The monoisotopic (exact) mass is 436 g/mol. The second-order valence-electron chi connectivity index (χ2n) is 8.05. The molecule has 9 nitrogen and oxygen atoms in total.